The summed E-state index contributed by atoms with van der Waals surface area (Å²) >= 11 is 0. The Hall–Kier alpha value is -2.92. The molecule has 0 atom stereocenters. The van der Waals surface area contributed by atoms with E-state index in [4.69, 9.17) is 4.74 Å². The van der Waals surface area contributed by atoms with Gasteiger partial charge in [-0.25, -0.2) is 0 Å². The van der Waals surface area contributed by atoms with Gasteiger partial charge < -0.3 is 9.84 Å². The third kappa shape index (κ3) is 3.77. The minimum Gasteiger partial charge on any atom is -0.504 e. The van der Waals surface area contributed by atoms with Gasteiger partial charge in [0.15, 0.2) is 17.3 Å². The maximum absolute atomic E-state index is 11.2. The Bertz CT molecular complexity index is 667. The molecular formula is C14H13NO6. The van der Waals surface area contributed by atoms with Gasteiger partial charge in [0.1, 0.15) is 5.57 Å². The number of allylic oxidation sites excluding steroid dienone is 1. The van der Waals surface area contributed by atoms with E-state index in [9.17, 15) is 24.8 Å². The van der Waals surface area contributed by atoms with E-state index < -0.39 is 27.9 Å². The lowest BCUT2D eigenvalue weighted by molar-refractivity contribution is -0.385. The molecule has 0 aliphatic heterocycles. The van der Waals surface area contributed by atoms with E-state index in [0.717, 1.165) is 6.07 Å². The van der Waals surface area contributed by atoms with Crippen molar-refractivity contribution in [2.75, 3.05) is 7.11 Å². The number of ketones is 2. The number of nitro benzene ring substituents is 1. The third-order valence-corrected chi connectivity index (χ3v) is 2.56. The maximum Gasteiger partial charge on any atom is 0.315 e. The zero-order valence-electron chi connectivity index (χ0n) is 11.7. The summed E-state index contributed by atoms with van der Waals surface area (Å²) in [5, 5.41) is 20.6. The standard InChI is InChI=1S/C14H13NO6/c1-8(16)11(9(2)17)5-4-10-6-12(15(19)20)14(21-3)13(18)7-10/h4,6-7,18H,1-3H3. The van der Waals surface area contributed by atoms with Crippen LogP contribution in [0.3, 0.4) is 0 Å². The van der Waals surface area contributed by atoms with Gasteiger partial charge in [-0.3, -0.25) is 19.7 Å². The summed E-state index contributed by atoms with van der Waals surface area (Å²) in [6, 6.07) is 2.35. The molecule has 7 heteroatoms. The Morgan fingerprint density at radius 1 is 1.33 bits per heavy atom. The number of hydrogen-bond acceptors (Lipinski definition) is 6. The number of aromatic hydroxyl groups is 1. The van der Waals surface area contributed by atoms with E-state index in [1.54, 1.807) is 0 Å². The number of nitro groups is 1. The van der Waals surface area contributed by atoms with Crippen LogP contribution in [0.25, 0.3) is 6.08 Å². The molecule has 1 rings (SSSR count). The van der Waals surface area contributed by atoms with Crippen LogP contribution in [0.1, 0.15) is 19.4 Å². The largest absolute Gasteiger partial charge is 0.504 e. The van der Waals surface area contributed by atoms with Gasteiger partial charge in [-0.1, -0.05) is 0 Å². The number of nitrogens with zero attached hydrogens (tertiary/aromatic N) is 1. The molecule has 1 N–H and O–H groups in total. The zero-order valence-corrected chi connectivity index (χ0v) is 11.7. The molecular weight excluding hydrogens is 278 g/mol. The highest BCUT2D eigenvalue weighted by atomic mass is 16.6. The molecule has 0 aromatic heterocycles. The van der Waals surface area contributed by atoms with Crippen molar-refractivity contribution in [2.24, 2.45) is 0 Å². The van der Waals surface area contributed by atoms with Gasteiger partial charge in [-0.05, 0) is 31.6 Å². The van der Waals surface area contributed by atoms with E-state index in [1.165, 1.54) is 33.1 Å². The molecule has 0 heterocycles. The fourth-order valence-corrected chi connectivity index (χ4v) is 1.65. The summed E-state index contributed by atoms with van der Waals surface area (Å²) in [6.45, 7) is 2.43. The quantitative estimate of drug-likeness (QED) is 0.222. The topological polar surface area (TPSA) is 107 Å². The van der Waals surface area contributed by atoms with Gasteiger partial charge in [0.25, 0.3) is 0 Å². The first-order valence-corrected chi connectivity index (χ1v) is 5.82. The third-order valence-electron chi connectivity index (χ3n) is 2.56. The molecule has 0 unspecified atom stereocenters. The monoisotopic (exact) mass is 291 g/mol. The SMILES string of the molecule is COc1c(O)cc(C=C=C(C(C)=O)C(C)=O)cc1[N+](=O)[O-]. The molecule has 0 spiro atoms. The van der Waals surface area contributed by atoms with Crippen LogP contribution in [-0.4, -0.2) is 28.7 Å². The van der Waals surface area contributed by atoms with Crippen molar-refractivity contribution in [1.82, 2.24) is 0 Å². The van der Waals surface area contributed by atoms with Crippen molar-refractivity contribution in [3.63, 3.8) is 0 Å². The Morgan fingerprint density at radius 2 is 1.90 bits per heavy atom. The molecule has 0 fully saturated rings. The first kappa shape index (κ1) is 16.1. The number of phenols is 1. The van der Waals surface area contributed by atoms with Crippen molar-refractivity contribution in [2.45, 2.75) is 13.8 Å². The van der Waals surface area contributed by atoms with Gasteiger partial charge in [-0.2, -0.15) is 0 Å². The molecule has 110 valence electrons. The summed E-state index contributed by atoms with van der Waals surface area (Å²) in [4.78, 5) is 32.7. The Kier molecular flexibility index (Phi) is 4.99. The number of rotatable bonds is 5. The molecule has 0 amide bonds. The Morgan fingerprint density at radius 3 is 2.33 bits per heavy atom. The van der Waals surface area contributed by atoms with Crippen molar-refractivity contribution in [1.29, 1.82) is 0 Å². The van der Waals surface area contributed by atoms with Crippen LogP contribution in [0.15, 0.2) is 23.4 Å². The summed E-state index contributed by atoms with van der Waals surface area (Å²) in [7, 11) is 1.20. The molecule has 7 nitrogen and oxygen atoms in total. The smallest absolute Gasteiger partial charge is 0.315 e. The van der Waals surface area contributed by atoms with Gasteiger partial charge in [0.2, 0.25) is 5.75 Å². The zero-order chi connectivity index (χ0) is 16.2. The normalized spacial score (nSPS) is 9.48. The van der Waals surface area contributed by atoms with Crippen molar-refractivity contribution in [3.05, 3.63) is 39.1 Å². The molecule has 0 radical (unpaired) electrons. The highest BCUT2D eigenvalue weighted by molar-refractivity contribution is 6.18. The predicted molar refractivity (Wildman–Crippen MR) is 74.2 cm³/mol. The Labute approximate surface area is 120 Å². The van der Waals surface area contributed by atoms with Gasteiger partial charge in [-0.15, -0.1) is 5.73 Å². The summed E-state index contributed by atoms with van der Waals surface area (Å²) in [5.41, 5.74) is 2.10. The summed E-state index contributed by atoms with van der Waals surface area (Å²) < 4.78 is 4.76. The second kappa shape index (κ2) is 6.49. The molecule has 0 aliphatic rings. The fraction of sp³-hybridized carbons (Fsp3) is 0.214. The average Bonchev–Trinajstić information content (AvgIpc) is 2.37. The molecule has 0 aliphatic carbocycles. The number of hydrogen-bond donors (Lipinski definition) is 1. The average molecular weight is 291 g/mol. The van der Waals surface area contributed by atoms with E-state index in [1.807, 2.05) is 0 Å². The Balaban J connectivity index is 3.46. The van der Waals surface area contributed by atoms with E-state index in [-0.39, 0.29) is 16.9 Å². The highest BCUT2D eigenvalue weighted by Crippen LogP contribution is 2.37. The van der Waals surface area contributed by atoms with Crippen LogP contribution >= 0.6 is 0 Å². The minimum absolute atomic E-state index is 0.159. The minimum atomic E-state index is -0.712. The van der Waals surface area contributed by atoms with Gasteiger partial charge in [0, 0.05) is 6.07 Å². The number of benzene rings is 1. The number of methoxy groups -OCH3 is 1. The first-order chi connectivity index (χ1) is 9.77. The second-order valence-corrected chi connectivity index (χ2v) is 4.13. The molecule has 0 bridgehead atoms. The second-order valence-electron chi connectivity index (χ2n) is 4.13. The van der Waals surface area contributed by atoms with Crippen LogP contribution in [0.2, 0.25) is 0 Å². The lowest BCUT2D eigenvalue weighted by Crippen LogP contribution is -2.04. The van der Waals surface area contributed by atoms with Crippen LogP contribution in [0.4, 0.5) is 5.69 Å². The lowest BCUT2D eigenvalue weighted by Gasteiger charge is -2.04. The number of carbonyl (C=O) groups excluding carboxylic acids is 2. The van der Waals surface area contributed by atoms with Gasteiger partial charge in [0.05, 0.1) is 12.0 Å². The summed E-state index contributed by atoms with van der Waals surface area (Å²) in [5.74, 6) is -1.62. The predicted octanol–water partition coefficient (Wildman–Crippen LogP) is 2.03. The van der Waals surface area contributed by atoms with Crippen LogP contribution in [0.5, 0.6) is 11.5 Å². The molecule has 0 saturated carbocycles. The van der Waals surface area contributed by atoms with Crippen LogP contribution in [-0.2, 0) is 9.59 Å². The maximum atomic E-state index is 11.2. The van der Waals surface area contributed by atoms with Crippen molar-refractivity contribution < 1.29 is 24.4 Å². The van der Waals surface area contributed by atoms with E-state index in [2.05, 4.69) is 5.73 Å². The van der Waals surface area contributed by atoms with Crippen molar-refractivity contribution >= 4 is 23.3 Å². The summed E-state index contributed by atoms with van der Waals surface area (Å²) in [6.07, 6.45) is 1.21. The van der Waals surface area contributed by atoms with Crippen molar-refractivity contribution in [3.8, 4) is 11.5 Å². The highest BCUT2D eigenvalue weighted by Gasteiger charge is 2.19. The fourth-order valence-electron chi connectivity index (χ4n) is 1.65. The number of carbonyl (C=O) groups is 2. The first-order valence-electron chi connectivity index (χ1n) is 5.82. The number of ether oxygens (including phenoxy) is 1. The lowest BCUT2D eigenvalue weighted by atomic mass is 10.1. The number of Topliss-reactive ketones (excluding diaryl/α,β-unsaturated/α-hetero) is 2. The molecule has 1 aromatic rings. The number of phenolic OH excluding ortho intramolecular Hbond substituents is 1. The van der Waals surface area contributed by atoms with E-state index >= 15 is 0 Å². The molecule has 21 heavy (non-hydrogen) atoms. The van der Waals surface area contributed by atoms with Crippen LogP contribution in [0, 0.1) is 10.1 Å². The van der Waals surface area contributed by atoms with Gasteiger partial charge >= 0.3 is 5.69 Å². The van der Waals surface area contributed by atoms with Crippen LogP contribution < -0.4 is 4.74 Å². The molecule has 1 aromatic carbocycles. The van der Waals surface area contributed by atoms with E-state index in [0.29, 0.717) is 0 Å². The molecule has 0 saturated heterocycles.